The third-order valence-corrected chi connectivity index (χ3v) is 5.84. The number of hydrogen-bond acceptors (Lipinski definition) is 3. The molecule has 0 N–H and O–H groups in total. The molecule has 1 aromatic heterocycles. The number of rotatable bonds is 5. The maximum absolute atomic E-state index is 12.9. The van der Waals surface area contributed by atoms with E-state index in [-0.39, 0.29) is 22.8 Å². The van der Waals surface area contributed by atoms with Crippen LogP contribution in [0.3, 0.4) is 0 Å². The second kappa shape index (κ2) is 7.64. The number of nitrogens with zero attached hydrogens (tertiary/aromatic N) is 3. The fourth-order valence-electron chi connectivity index (χ4n) is 4.37. The lowest BCUT2D eigenvalue weighted by atomic mass is 9.78. The van der Waals surface area contributed by atoms with Gasteiger partial charge in [-0.2, -0.15) is 0 Å². The molecule has 2 saturated heterocycles. The van der Waals surface area contributed by atoms with E-state index in [0.29, 0.717) is 26.1 Å². The molecule has 0 bridgehead atoms. The molecule has 0 saturated carbocycles. The zero-order chi connectivity index (χ0) is 18.7. The van der Waals surface area contributed by atoms with Crippen LogP contribution in [0.5, 0.6) is 0 Å². The van der Waals surface area contributed by atoms with E-state index in [1.165, 1.54) is 6.07 Å². The molecular weight excluding hydrogens is 330 g/mol. The summed E-state index contributed by atoms with van der Waals surface area (Å²) in [6, 6.07) is 5.13. The van der Waals surface area contributed by atoms with Gasteiger partial charge in [0, 0.05) is 50.9 Å². The first kappa shape index (κ1) is 18.7. The first-order chi connectivity index (χ1) is 12.5. The fourth-order valence-corrected chi connectivity index (χ4v) is 4.37. The minimum Gasteiger partial charge on any atom is -0.342 e. The highest BCUT2D eigenvalue weighted by atomic mass is 16.2. The van der Waals surface area contributed by atoms with Crippen molar-refractivity contribution >= 4 is 11.8 Å². The van der Waals surface area contributed by atoms with E-state index in [2.05, 4.69) is 6.92 Å². The van der Waals surface area contributed by atoms with E-state index in [9.17, 15) is 14.4 Å². The number of piperidine rings is 1. The molecule has 142 valence electrons. The second-order valence-corrected chi connectivity index (χ2v) is 7.65. The molecule has 1 atom stereocenters. The van der Waals surface area contributed by atoms with E-state index in [1.54, 1.807) is 10.6 Å². The molecule has 2 fully saturated rings. The summed E-state index contributed by atoms with van der Waals surface area (Å²) in [7, 11) is 0. The van der Waals surface area contributed by atoms with E-state index < -0.39 is 0 Å². The summed E-state index contributed by atoms with van der Waals surface area (Å²) < 4.78 is 1.64. The molecule has 1 spiro atoms. The van der Waals surface area contributed by atoms with Crippen LogP contribution in [-0.2, 0) is 16.1 Å². The van der Waals surface area contributed by atoms with Crippen molar-refractivity contribution in [3.05, 3.63) is 34.2 Å². The number of likely N-dealkylation sites (tertiary alicyclic amines) is 2. The predicted octanol–water partition coefficient (Wildman–Crippen LogP) is 1.80. The van der Waals surface area contributed by atoms with Gasteiger partial charge >= 0.3 is 0 Å². The number of pyridine rings is 1. The Morgan fingerprint density at radius 2 is 1.96 bits per heavy atom. The molecule has 2 amide bonds. The average Bonchev–Trinajstić information content (AvgIpc) is 3.04. The first-order valence-electron chi connectivity index (χ1n) is 9.70. The Kier molecular flexibility index (Phi) is 5.49. The molecule has 0 radical (unpaired) electrons. The van der Waals surface area contributed by atoms with Gasteiger partial charge in [-0.25, -0.2) is 0 Å². The van der Waals surface area contributed by atoms with Crippen LogP contribution in [0.4, 0.5) is 0 Å². The van der Waals surface area contributed by atoms with Gasteiger partial charge in [-0.05, 0) is 38.7 Å². The maximum Gasteiger partial charge on any atom is 0.250 e. The Bertz CT molecular complexity index is 740. The number of carbonyl (C=O) groups excluding carboxylic acids is 2. The van der Waals surface area contributed by atoms with Gasteiger partial charge in [0.1, 0.15) is 0 Å². The number of carbonyl (C=O) groups is 2. The molecule has 6 nitrogen and oxygen atoms in total. The molecule has 3 heterocycles. The highest BCUT2D eigenvalue weighted by molar-refractivity contribution is 5.86. The lowest BCUT2D eigenvalue weighted by molar-refractivity contribution is -0.146. The van der Waals surface area contributed by atoms with E-state index >= 15 is 0 Å². The highest BCUT2D eigenvalue weighted by Crippen LogP contribution is 2.40. The number of aromatic nitrogens is 1. The summed E-state index contributed by atoms with van der Waals surface area (Å²) in [6.45, 7) is 7.19. The van der Waals surface area contributed by atoms with Crippen LogP contribution in [-0.4, -0.2) is 52.4 Å². The zero-order valence-corrected chi connectivity index (χ0v) is 15.9. The second-order valence-electron chi connectivity index (χ2n) is 7.65. The van der Waals surface area contributed by atoms with Crippen LogP contribution < -0.4 is 5.56 Å². The van der Waals surface area contributed by atoms with Gasteiger partial charge in [-0.1, -0.05) is 13.0 Å². The summed E-state index contributed by atoms with van der Waals surface area (Å²) in [4.78, 5) is 41.3. The Morgan fingerprint density at radius 3 is 2.69 bits per heavy atom. The van der Waals surface area contributed by atoms with Crippen LogP contribution in [0, 0.1) is 12.3 Å². The molecule has 26 heavy (non-hydrogen) atoms. The highest BCUT2D eigenvalue weighted by Gasteiger charge is 2.48. The van der Waals surface area contributed by atoms with Crippen molar-refractivity contribution in [1.82, 2.24) is 14.4 Å². The van der Waals surface area contributed by atoms with Crippen molar-refractivity contribution < 1.29 is 9.59 Å². The summed E-state index contributed by atoms with van der Waals surface area (Å²) >= 11 is 0. The van der Waals surface area contributed by atoms with Crippen LogP contribution in [0.1, 0.15) is 44.7 Å². The van der Waals surface area contributed by atoms with Crippen molar-refractivity contribution in [2.24, 2.45) is 5.41 Å². The maximum atomic E-state index is 12.9. The minimum atomic E-state index is -0.372. The number of hydrogen-bond donors (Lipinski definition) is 0. The molecule has 2 aliphatic heterocycles. The third kappa shape index (κ3) is 3.55. The van der Waals surface area contributed by atoms with Crippen molar-refractivity contribution in [2.45, 2.75) is 52.5 Å². The fraction of sp³-hybridized carbons (Fsp3) is 0.650. The number of amides is 2. The van der Waals surface area contributed by atoms with Crippen molar-refractivity contribution in [3.63, 3.8) is 0 Å². The molecule has 2 aliphatic rings. The molecule has 1 aromatic rings. The van der Waals surface area contributed by atoms with E-state index in [0.717, 1.165) is 44.5 Å². The predicted molar refractivity (Wildman–Crippen MR) is 99.8 cm³/mol. The van der Waals surface area contributed by atoms with Crippen LogP contribution in [0.25, 0.3) is 0 Å². The molecule has 0 aromatic carbocycles. The Balaban J connectivity index is 1.62. The quantitative estimate of drug-likeness (QED) is 0.805. The standard InChI is InChI=1S/C20H29N3O3/c1-3-11-21-12-5-9-20(19(21)26)10-14-22(15-20)17(24)8-13-23-16(2)6-4-7-18(23)25/h4,6-7H,3,5,8-15H2,1-2H3/t20-/m0/s1. The zero-order valence-electron chi connectivity index (χ0n) is 15.9. The van der Waals surface area contributed by atoms with Crippen molar-refractivity contribution in [3.8, 4) is 0 Å². The molecule has 0 unspecified atom stereocenters. The molecule has 6 heteroatoms. The topological polar surface area (TPSA) is 62.6 Å². The molecule has 0 aliphatic carbocycles. The van der Waals surface area contributed by atoms with Gasteiger partial charge in [0.25, 0.3) is 5.56 Å². The summed E-state index contributed by atoms with van der Waals surface area (Å²) in [5, 5.41) is 0. The van der Waals surface area contributed by atoms with E-state index in [1.807, 2.05) is 22.8 Å². The van der Waals surface area contributed by atoms with Gasteiger partial charge in [0.05, 0.1) is 5.41 Å². The van der Waals surface area contributed by atoms with Gasteiger partial charge in [-0.15, -0.1) is 0 Å². The molecular formula is C20H29N3O3. The van der Waals surface area contributed by atoms with Gasteiger partial charge < -0.3 is 14.4 Å². The summed E-state index contributed by atoms with van der Waals surface area (Å²) in [6.07, 6.45) is 3.94. The minimum absolute atomic E-state index is 0.0393. The van der Waals surface area contributed by atoms with Crippen LogP contribution >= 0.6 is 0 Å². The Hall–Kier alpha value is -2.11. The largest absolute Gasteiger partial charge is 0.342 e. The normalized spacial score (nSPS) is 23.1. The van der Waals surface area contributed by atoms with Crippen LogP contribution in [0.15, 0.2) is 23.0 Å². The van der Waals surface area contributed by atoms with Gasteiger partial charge in [-0.3, -0.25) is 14.4 Å². The van der Waals surface area contributed by atoms with Gasteiger partial charge in [0.15, 0.2) is 0 Å². The monoisotopic (exact) mass is 359 g/mol. The number of aryl methyl sites for hydroxylation is 1. The summed E-state index contributed by atoms with van der Waals surface area (Å²) in [5.41, 5.74) is 0.414. The smallest absolute Gasteiger partial charge is 0.250 e. The Labute approximate surface area is 154 Å². The SMILES string of the molecule is CCCN1CCC[C@@]2(CCN(C(=O)CCn3c(C)cccc3=O)C2)C1=O. The lowest BCUT2D eigenvalue weighted by Gasteiger charge is -2.39. The van der Waals surface area contributed by atoms with Gasteiger partial charge in [0.2, 0.25) is 11.8 Å². The third-order valence-electron chi connectivity index (χ3n) is 5.84. The van der Waals surface area contributed by atoms with Crippen molar-refractivity contribution in [2.75, 3.05) is 26.2 Å². The first-order valence-corrected chi connectivity index (χ1v) is 9.70. The lowest BCUT2D eigenvalue weighted by Crippen LogP contribution is -2.50. The average molecular weight is 359 g/mol. The molecule has 3 rings (SSSR count). The summed E-state index contributed by atoms with van der Waals surface area (Å²) in [5.74, 6) is 0.272. The van der Waals surface area contributed by atoms with Crippen molar-refractivity contribution in [1.29, 1.82) is 0 Å². The van der Waals surface area contributed by atoms with Crippen LogP contribution in [0.2, 0.25) is 0 Å². The van der Waals surface area contributed by atoms with E-state index in [4.69, 9.17) is 0 Å². The Morgan fingerprint density at radius 1 is 1.15 bits per heavy atom.